The minimum absolute atomic E-state index is 0.851. The fourth-order valence-electron chi connectivity index (χ4n) is 0.469. The van der Waals surface area contributed by atoms with Gasteiger partial charge in [0, 0.05) is 13.2 Å². The van der Waals surface area contributed by atoms with E-state index < -0.39 is 6.78 Å². The molecule has 0 rings (SSSR count). The highest BCUT2D eigenvalue weighted by Gasteiger charge is 2.05. The molecule has 10 heavy (non-hydrogen) atoms. The molecule has 0 spiro atoms. The summed E-state index contributed by atoms with van der Waals surface area (Å²) in [6.07, 6.45) is 2.17. The van der Waals surface area contributed by atoms with Gasteiger partial charge in [-0.3, -0.25) is 0 Å². The van der Waals surface area contributed by atoms with E-state index in [1.165, 1.54) is 0 Å². The van der Waals surface area contributed by atoms with Crippen molar-refractivity contribution in [2.75, 3.05) is 13.2 Å². The molecule has 0 heterocycles. The second kappa shape index (κ2) is 7.97. The van der Waals surface area contributed by atoms with E-state index in [0.29, 0.717) is 0 Å². The van der Waals surface area contributed by atoms with Crippen molar-refractivity contribution < 1.29 is 8.85 Å². The monoisotopic (exact) mass is 274 g/mol. The van der Waals surface area contributed by atoms with Crippen LogP contribution in [0.15, 0.2) is 0 Å². The summed E-state index contributed by atoms with van der Waals surface area (Å²) in [5.74, 6) is 0. The molecule has 2 nitrogen and oxygen atoms in total. The van der Waals surface area contributed by atoms with E-state index in [4.69, 9.17) is 8.85 Å². The lowest BCUT2D eigenvalue weighted by atomic mass is 10.5. The molecule has 0 aliphatic rings. The number of hydrogen-bond donors (Lipinski definition) is 0. The quantitative estimate of drug-likeness (QED) is 0.419. The van der Waals surface area contributed by atoms with Crippen LogP contribution in [0.2, 0.25) is 0 Å². The van der Waals surface area contributed by atoms with Crippen molar-refractivity contribution in [1.82, 2.24) is 0 Å². The average molecular weight is 274 g/mol. The van der Waals surface area contributed by atoms with Gasteiger partial charge < -0.3 is 8.85 Å². The topological polar surface area (TPSA) is 18.5 Å². The van der Waals surface area contributed by atoms with Gasteiger partial charge in [0.25, 0.3) is 0 Å². The van der Waals surface area contributed by atoms with Crippen LogP contribution < -0.4 is 0 Å². The van der Waals surface area contributed by atoms with Gasteiger partial charge in [-0.05, 0) is 12.8 Å². The van der Waals surface area contributed by atoms with Crippen molar-refractivity contribution in [2.45, 2.75) is 26.7 Å². The lowest BCUT2D eigenvalue weighted by Crippen LogP contribution is -2.16. The van der Waals surface area contributed by atoms with Crippen LogP contribution in [0.5, 0.6) is 0 Å². The number of halogens is 1. The van der Waals surface area contributed by atoms with E-state index >= 15 is 0 Å². The highest BCUT2D eigenvalue weighted by molar-refractivity contribution is 14.1. The van der Waals surface area contributed by atoms with Crippen molar-refractivity contribution in [1.29, 1.82) is 0 Å². The molecule has 0 aromatic heterocycles. The second-order valence-corrected chi connectivity index (χ2v) is 6.28. The summed E-state index contributed by atoms with van der Waals surface area (Å²) in [7, 11) is 0. The fraction of sp³-hybridized carbons (Fsp3) is 1.00. The molecule has 0 unspecified atom stereocenters. The summed E-state index contributed by atoms with van der Waals surface area (Å²) in [4.78, 5) is 0. The summed E-state index contributed by atoms with van der Waals surface area (Å²) in [5.41, 5.74) is 0. The zero-order valence-electron chi connectivity index (χ0n) is 6.60. The molecule has 0 amide bonds. The summed E-state index contributed by atoms with van der Waals surface area (Å²) < 4.78 is 10.8. The Morgan fingerprint density at radius 1 is 1.10 bits per heavy atom. The van der Waals surface area contributed by atoms with Gasteiger partial charge in [0.15, 0.2) is 0 Å². The van der Waals surface area contributed by atoms with Gasteiger partial charge in [-0.2, -0.15) is 0 Å². The molecule has 0 N–H and O–H groups in total. The lowest BCUT2D eigenvalue weighted by molar-refractivity contribution is 0.218. The van der Waals surface area contributed by atoms with Gasteiger partial charge in [0.2, 0.25) is 0 Å². The molecule has 4 heteroatoms. The van der Waals surface area contributed by atoms with Crippen molar-refractivity contribution in [3.8, 4) is 0 Å². The molecule has 62 valence electrons. The van der Waals surface area contributed by atoms with E-state index in [0.717, 1.165) is 26.1 Å². The van der Waals surface area contributed by atoms with Crippen LogP contribution in [0.25, 0.3) is 0 Å². The second-order valence-electron chi connectivity index (χ2n) is 2.02. The minimum Gasteiger partial charge on any atom is -0.389 e. The Kier molecular flexibility index (Phi) is 8.66. The van der Waals surface area contributed by atoms with Crippen LogP contribution >= 0.6 is 21.8 Å². The third-order valence-electron chi connectivity index (χ3n) is 0.906. The molecule has 0 saturated heterocycles. The molecule has 0 aliphatic heterocycles. The van der Waals surface area contributed by atoms with Gasteiger partial charge in [-0.1, -0.05) is 35.6 Å². The first-order valence-electron chi connectivity index (χ1n) is 3.68. The molecule has 0 radical (unpaired) electrons. The molecular weight excluding hydrogens is 259 g/mol. The lowest BCUT2D eigenvalue weighted by Gasteiger charge is -2.08. The van der Waals surface area contributed by atoms with Gasteiger partial charge in [0.1, 0.15) is 0 Å². The maximum Gasteiger partial charge on any atom is 0.391 e. The predicted octanol–water partition coefficient (Wildman–Crippen LogP) is 1.99. The normalized spacial score (nSPS) is 10.8. The standard InChI is InChI=1S/C6H15IO2Si/c1-3-5-8-10(7)9-6-4-2/h10H,3-6H2,1-2H3. The van der Waals surface area contributed by atoms with Crippen LogP contribution in [0.1, 0.15) is 26.7 Å². The highest BCUT2D eigenvalue weighted by atomic mass is 127. The van der Waals surface area contributed by atoms with Gasteiger partial charge in [0.05, 0.1) is 0 Å². The van der Waals surface area contributed by atoms with Crippen molar-refractivity contribution in [2.24, 2.45) is 0 Å². The first-order valence-corrected chi connectivity index (χ1v) is 8.80. The van der Waals surface area contributed by atoms with Gasteiger partial charge >= 0.3 is 6.78 Å². The van der Waals surface area contributed by atoms with Crippen LogP contribution in [0.4, 0.5) is 0 Å². The highest BCUT2D eigenvalue weighted by Crippen LogP contribution is 2.00. The minimum atomic E-state index is -1.27. The van der Waals surface area contributed by atoms with Crippen molar-refractivity contribution in [3.63, 3.8) is 0 Å². The Morgan fingerprint density at radius 3 is 1.80 bits per heavy atom. The maximum atomic E-state index is 5.40. The molecular formula is C6H15IO2Si. The Balaban J connectivity index is 3.00. The maximum absolute atomic E-state index is 5.40. The fourth-order valence-corrected chi connectivity index (χ4v) is 2.93. The Labute approximate surface area is 77.4 Å². The first kappa shape index (κ1) is 10.9. The molecule has 0 aliphatic carbocycles. The molecule has 0 aromatic carbocycles. The van der Waals surface area contributed by atoms with Crippen LogP contribution in [0, 0.1) is 0 Å². The van der Waals surface area contributed by atoms with Crippen LogP contribution in [-0.4, -0.2) is 20.0 Å². The molecule has 0 aromatic rings. The zero-order valence-corrected chi connectivity index (χ0v) is 9.91. The number of rotatable bonds is 6. The van der Waals surface area contributed by atoms with E-state index in [-0.39, 0.29) is 0 Å². The van der Waals surface area contributed by atoms with Crippen molar-refractivity contribution >= 4 is 28.6 Å². The predicted molar refractivity (Wildman–Crippen MR) is 53.7 cm³/mol. The van der Waals surface area contributed by atoms with E-state index in [1.807, 2.05) is 0 Å². The Bertz CT molecular complexity index is 64.8. The molecule has 0 bridgehead atoms. The largest absolute Gasteiger partial charge is 0.391 e. The van der Waals surface area contributed by atoms with Gasteiger partial charge in [-0.15, -0.1) is 0 Å². The summed E-state index contributed by atoms with van der Waals surface area (Å²) in [6.45, 7) is 4.65. The van der Waals surface area contributed by atoms with Gasteiger partial charge in [-0.25, -0.2) is 0 Å². The molecule has 0 atom stereocenters. The summed E-state index contributed by atoms with van der Waals surface area (Å²) in [6, 6.07) is 0. The smallest absolute Gasteiger partial charge is 0.389 e. The third kappa shape index (κ3) is 6.98. The van der Waals surface area contributed by atoms with Crippen LogP contribution in [-0.2, 0) is 8.85 Å². The SMILES string of the molecule is CCCO[SiH](I)OCCC. The summed E-state index contributed by atoms with van der Waals surface area (Å²) in [5, 5.41) is 0. The zero-order chi connectivity index (χ0) is 7.82. The number of hydrogen-bond acceptors (Lipinski definition) is 2. The van der Waals surface area contributed by atoms with E-state index in [9.17, 15) is 0 Å². The Hall–Kier alpha value is 0.867. The third-order valence-corrected chi connectivity index (χ3v) is 4.06. The van der Waals surface area contributed by atoms with E-state index in [1.54, 1.807) is 0 Å². The molecule has 0 fully saturated rings. The van der Waals surface area contributed by atoms with E-state index in [2.05, 4.69) is 35.6 Å². The van der Waals surface area contributed by atoms with Crippen LogP contribution in [0.3, 0.4) is 0 Å². The first-order chi connectivity index (χ1) is 4.81. The molecule has 0 saturated carbocycles. The summed E-state index contributed by atoms with van der Waals surface area (Å²) >= 11 is 2.28. The average Bonchev–Trinajstić information content (AvgIpc) is 1.97. The van der Waals surface area contributed by atoms with Crippen molar-refractivity contribution in [3.05, 3.63) is 0 Å². The Morgan fingerprint density at radius 2 is 1.50 bits per heavy atom.